The van der Waals surface area contributed by atoms with Crippen molar-refractivity contribution in [3.8, 4) is 0 Å². The summed E-state index contributed by atoms with van der Waals surface area (Å²) >= 11 is 0. The minimum Gasteiger partial charge on any atom is -0.351 e. The van der Waals surface area contributed by atoms with Crippen molar-refractivity contribution < 1.29 is 9.59 Å². The molecule has 0 aromatic heterocycles. The van der Waals surface area contributed by atoms with Crippen LogP contribution in [0.3, 0.4) is 0 Å². The molecule has 2 bridgehead atoms. The van der Waals surface area contributed by atoms with Gasteiger partial charge in [-0.3, -0.25) is 9.59 Å². The van der Waals surface area contributed by atoms with Crippen LogP contribution in [0.5, 0.6) is 0 Å². The van der Waals surface area contributed by atoms with Crippen LogP contribution in [0.1, 0.15) is 52.9 Å². The maximum atomic E-state index is 12.1. The van der Waals surface area contributed by atoms with Crippen molar-refractivity contribution in [3.63, 3.8) is 0 Å². The second-order valence-electron chi connectivity index (χ2n) is 6.63. The number of carbonyl (C=O) groups excluding carboxylic acids is 2. The molecule has 0 radical (unpaired) electrons. The summed E-state index contributed by atoms with van der Waals surface area (Å²) in [4.78, 5) is 24.1. The van der Waals surface area contributed by atoms with Crippen LogP contribution in [-0.4, -0.2) is 17.2 Å². The van der Waals surface area contributed by atoms with Gasteiger partial charge in [0.1, 0.15) is 5.78 Å². The number of Topliss-reactive ketones (excluding diaryl/α,β-unsaturated/α-hetero) is 1. The van der Waals surface area contributed by atoms with Gasteiger partial charge in [0.15, 0.2) is 0 Å². The van der Waals surface area contributed by atoms with Crippen molar-refractivity contribution >= 4 is 11.7 Å². The zero-order valence-corrected chi connectivity index (χ0v) is 11.1. The van der Waals surface area contributed by atoms with E-state index in [2.05, 4.69) is 5.32 Å². The number of amides is 1. The third-order valence-electron chi connectivity index (χ3n) is 3.92. The summed E-state index contributed by atoms with van der Waals surface area (Å²) in [6, 6.07) is 0. The van der Waals surface area contributed by atoms with Crippen molar-refractivity contribution in [2.24, 2.45) is 17.8 Å². The highest BCUT2D eigenvalue weighted by molar-refractivity contribution is 5.88. The molecule has 0 spiro atoms. The van der Waals surface area contributed by atoms with E-state index in [-0.39, 0.29) is 29.2 Å². The van der Waals surface area contributed by atoms with Gasteiger partial charge in [-0.2, -0.15) is 0 Å². The fourth-order valence-electron chi connectivity index (χ4n) is 3.17. The third-order valence-corrected chi connectivity index (χ3v) is 3.92. The van der Waals surface area contributed by atoms with Crippen molar-refractivity contribution in [2.45, 2.75) is 58.4 Å². The second kappa shape index (κ2) is 4.43. The third kappa shape index (κ3) is 2.88. The summed E-state index contributed by atoms with van der Waals surface area (Å²) < 4.78 is 0. The number of rotatable bonds is 1. The molecule has 0 saturated heterocycles. The fraction of sp³-hybridized carbons (Fsp3) is 0.857. The van der Waals surface area contributed by atoms with Gasteiger partial charge in [0.2, 0.25) is 5.91 Å². The number of hydrogen-bond acceptors (Lipinski definition) is 2. The Labute approximate surface area is 103 Å². The molecule has 2 aliphatic rings. The minimum atomic E-state index is -0.173. The first-order chi connectivity index (χ1) is 7.87. The maximum Gasteiger partial charge on any atom is 0.223 e. The van der Waals surface area contributed by atoms with Gasteiger partial charge in [0.25, 0.3) is 0 Å². The Morgan fingerprint density at radius 3 is 2.18 bits per heavy atom. The summed E-state index contributed by atoms with van der Waals surface area (Å²) in [5, 5.41) is 3.04. The van der Waals surface area contributed by atoms with E-state index in [0.29, 0.717) is 5.78 Å². The van der Waals surface area contributed by atoms with Crippen molar-refractivity contribution in [1.82, 2.24) is 5.32 Å². The molecule has 1 N–H and O–H groups in total. The number of carbonyl (C=O) groups is 2. The lowest BCUT2D eigenvalue weighted by atomic mass is 9.67. The van der Waals surface area contributed by atoms with Crippen molar-refractivity contribution in [1.29, 1.82) is 0 Å². The molecule has 3 nitrogen and oxygen atoms in total. The lowest BCUT2D eigenvalue weighted by Gasteiger charge is -2.38. The van der Waals surface area contributed by atoms with E-state index in [0.717, 1.165) is 32.1 Å². The predicted octanol–water partition coefficient (Wildman–Crippen LogP) is 2.30. The van der Waals surface area contributed by atoms with Crippen LogP contribution in [-0.2, 0) is 9.59 Å². The molecule has 0 heterocycles. The Balaban J connectivity index is 2.00. The number of hydrogen-bond donors (Lipinski definition) is 1. The average Bonchev–Trinajstić information content (AvgIpc) is 2.13. The van der Waals surface area contributed by atoms with Crippen LogP contribution in [0, 0.1) is 17.8 Å². The Kier molecular flexibility index (Phi) is 3.28. The Morgan fingerprint density at radius 1 is 1.18 bits per heavy atom. The van der Waals surface area contributed by atoms with E-state index in [1.54, 1.807) is 0 Å². The van der Waals surface area contributed by atoms with Gasteiger partial charge in [-0.25, -0.2) is 0 Å². The molecule has 96 valence electrons. The minimum absolute atomic E-state index is 0.0576. The molecule has 2 fully saturated rings. The molecule has 2 atom stereocenters. The molecular weight excluding hydrogens is 214 g/mol. The molecule has 0 aromatic carbocycles. The van der Waals surface area contributed by atoms with Crippen LogP contribution in [0.2, 0.25) is 0 Å². The van der Waals surface area contributed by atoms with Gasteiger partial charge in [-0.05, 0) is 46.5 Å². The highest BCUT2D eigenvalue weighted by atomic mass is 16.2. The molecule has 2 rings (SSSR count). The summed E-state index contributed by atoms with van der Waals surface area (Å²) in [5.74, 6) is 0.955. The van der Waals surface area contributed by atoms with Crippen LogP contribution in [0.25, 0.3) is 0 Å². The van der Waals surface area contributed by atoms with Gasteiger partial charge in [-0.1, -0.05) is 6.42 Å². The molecule has 2 saturated carbocycles. The van der Waals surface area contributed by atoms with Crippen LogP contribution in [0.15, 0.2) is 0 Å². The van der Waals surface area contributed by atoms with Crippen molar-refractivity contribution in [3.05, 3.63) is 0 Å². The maximum absolute atomic E-state index is 12.1. The average molecular weight is 237 g/mol. The number of ketones is 1. The highest BCUT2D eigenvalue weighted by Crippen LogP contribution is 2.40. The van der Waals surface area contributed by atoms with E-state index >= 15 is 0 Å². The van der Waals surface area contributed by atoms with E-state index in [9.17, 15) is 9.59 Å². The molecule has 0 aliphatic heterocycles. The quantitative estimate of drug-likeness (QED) is 0.760. The first-order valence-corrected chi connectivity index (χ1v) is 6.72. The summed E-state index contributed by atoms with van der Waals surface area (Å²) in [6.45, 7) is 6.00. The Hall–Kier alpha value is -0.860. The van der Waals surface area contributed by atoms with Gasteiger partial charge in [-0.15, -0.1) is 0 Å². The Bertz CT molecular complexity index is 314. The summed E-state index contributed by atoms with van der Waals surface area (Å²) in [7, 11) is 0. The summed E-state index contributed by atoms with van der Waals surface area (Å²) in [5.41, 5.74) is -0.173. The smallest absolute Gasteiger partial charge is 0.223 e. The standard InChI is InChI=1S/C14H23NO2/c1-14(2,3)15-13(17)11-7-9-5-4-6-10(8-11)12(9)16/h9-11H,4-8H2,1-3H3,(H,15,17). The van der Waals surface area contributed by atoms with Gasteiger partial charge >= 0.3 is 0 Å². The first kappa shape index (κ1) is 12.6. The monoisotopic (exact) mass is 237 g/mol. The number of fused-ring (bicyclic) bond motifs is 2. The van der Waals surface area contributed by atoms with Crippen molar-refractivity contribution in [2.75, 3.05) is 0 Å². The highest BCUT2D eigenvalue weighted by Gasteiger charge is 2.41. The van der Waals surface area contributed by atoms with E-state index in [1.807, 2.05) is 20.8 Å². The lowest BCUT2D eigenvalue weighted by molar-refractivity contribution is -0.138. The largest absolute Gasteiger partial charge is 0.351 e. The second-order valence-corrected chi connectivity index (χ2v) is 6.63. The first-order valence-electron chi connectivity index (χ1n) is 6.72. The van der Waals surface area contributed by atoms with Crippen LogP contribution >= 0.6 is 0 Å². The molecule has 0 aromatic rings. The molecule has 2 aliphatic carbocycles. The van der Waals surface area contributed by atoms with E-state index in [4.69, 9.17) is 0 Å². The predicted molar refractivity (Wildman–Crippen MR) is 66.5 cm³/mol. The molecule has 1 amide bonds. The normalized spacial score (nSPS) is 33.4. The molecule has 17 heavy (non-hydrogen) atoms. The Morgan fingerprint density at radius 2 is 1.71 bits per heavy atom. The fourth-order valence-corrected chi connectivity index (χ4v) is 3.17. The number of nitrogens with one attached hydrogen (secondary N) is 1. The zero-order chi connectivity index (χ0) is 12.6. The summed E-state index contributed by atoms with van der Waals surface area (Å²) in [6.07, 6.45) is 4.70. The van der Waals surface area contributed by atoms with Gasteiger partial charge < -0.3 is 5.32 Å². The molecule has 3 heteroatoms. The van der Waals surface area contributed by atoms with E-state index < -0.39 is 0 Å². The van der Waals surface area contributed by atoms with Gasteiger partial charge in [0, 0.05) is 23.3 Å². The van der Waals surface area contributed by atoms with Crippen LogP contribution < -0.4 is 5.32 Å². The lowest BCUT2D eigenvalue weighted by Crippen LogP contribution is -2.48. The molecular formula is C14H23NO2. The van der Waals surface area contributed by atoms with E-state index in [1.165, 1.54) is 0 Å². The topological polar surface area (TPSA) is 46.2 Å². The zero-order valence-electron chi connectivity index (χ0n) is 11.1. The molecule has 2 unspecified atom stereocenters. The van der Waals surface area contributed by atoms with Gasteiger partial charge in [0.05, 0.1) is 0 Å². The SMILES string of the molecule is CC(C)(C)NC(=O)C1CC2CCCC(C1)C2=O. The van der Waals surface area contributed by atoms with Crippen LogP contribution in [0.4, 0.5) is 0 Å².